The average Bonchev–Trinajstić information content (AvgIpc) is 2.81. The minimum absolute atomic E-state index is 0.338. The number of hydrogen-bond donors (Lipinski definition) is 1. The predicted molar refractivity (Wildman–Crippen MR) is 139 cm³/mol. The fourth-order valence-electron chi connectivity index (χ4n) is 5.50. The van der Waals surface area contributed by atoms with Crippen molar-refractivity contribution in [2.45, 2.75) is 51.7 Å². The molecule has 0 radical (unpaired) electrons. The third kappa shape index (κ3) is 5.83. The van der Waals surface area contributed by atoms with E-state index in [2.05, 4.69) is 9.64 Å². The van der Waals surface area contributed by atoms with Crippen LogP contribution in [0.15, 0.2) is 54.6 Å². The van der Waals surface area contributed by atoms with Gasteiger partial charge in [-0.05, 0) is 74.7 Å². The molecular formula is C29H35F3N2O4. The lowest BCUT2D eigenvalue weighted by Gasteiger charge is -2.56. The molecule has 1 saturated heterocycles. The summed E-state index contributed by atoms with van der Waals surface area (Å²) in [5.74, 6) is -0.338. The number of rotatable bonds is 5. The Morgan fingerprint density at radius 2 is 1.68 bits per heavy atom. The van der Waals surface area contributed by atoms with Gasteiger partial charge in [0.15, 0.2) is 0 Å². The SMILES string of the molecule is CN1CC(C)([C@](O)(c2ccc(OC(F)(F)F)cc2)c2cccc(C3=CCN(C(=O)OC(C)(C)C)CC3)c2)C1. The Labute approximate surface area is 221 Å². The number of carbonyl (C=O) groups excluding carboxylic acids is 1. The zero-order chi connectivity index (χ0) is 27.9. The lowest BCUT2D eigenvalue weighted by molar-refractivity contribution is -0.274. The van der Waals surface area contributed by atoms with Gasteiger partial charge in [-0.15, -0.1) is 13.2 Å². The highest BCUT2D eigenvalue weighted by molar-refractivity contribution is 5.73. The van der Waals surface area contributed by atoms with Gasteiger partial charge in [-0.2, -0.15) is 0 Å². The molecule has 9 heteroatoms. The third-order valence-electron chi connectivity index (χ3n) is 7.13. The van der Waals surface area contributed by atoms with Crippen LogP contribution in [0.4, 0.5) is 18.0 Å². The number of likely N-dealkylation sites (tertiary alicyclic amines) is 1. The Bertz CT molecular complexity index is 1200. The smallest absolute Gasteiger partial charge is 0.444 e. The van der Waals surface area contributed by atoms with Crippen molar-refractivity contribution < 1.29 is 32.5 Å². The lowest BCUT2D eigenvalue weighted by atomic mass is 9.62. The van der Waals surface area contributed by atoms with Gasteiger partial charge in [0.1, 0.15) is 17.0 Å². The predicted octanol–water partition coefficient (Wildman–Crippen LogP) is 5.80. The van der Waals surface area contributed by atoms with Crippen molar-refractivity contribution in [1.29, 1.82) is 0 Å². The van der Waals surface area contributed by atoms with Gasteiger partial charge in [0.25, 0.3) is 0 Å². The van der Waals surface area contributed by atoms with Gasteiger partial charge < -0.3 is 24.4 Å². The summed E-state index contributed by atoms with van der Waals surface area (Å²) in [6.45, 7) is 9.64. The molecule has 2 aromatic rings. The Morgan fingerprint density at radius 3 is 2.21 bits per heavy atom. The standard InChI is InChI=1S/C29H35F3N2O4/c1-26(2,3)38-25(35)34-15-13-20(14-16-34)21-7-6-8-23(17-21)28(36,27(4)18-33(5)19-27)22-9-11-24(12-10-22)37-29(30,31)32/h6-13,17,36H,14-16,18-19H2,1-5H3/t28-/m0/s1. The zero-order valence-electron chi connectivity index (χ0n) is 22.4. The Kier molecular flexibility index (Phi) is 7.31. The van der Waals surface area contributed by atoms with Gasteiger partial charge in [-0.1, -0.05) is 43.3 Å². The molecule has 0 bridgehead atoms. The van der Waals surface area contributed by atoms with Crippen molar-refractivity contribution >= 4 is 11.7 Å². The fraction of sp³-hybridized carbons (Fsp3) is 0.483. The van der Waals surface area contributed by atoms with E-state index in [1.54, 1.807) is 4.90 Å². The van der Waals surface area contributed by atoms with Crippen LogP contribution in [-0.2, 0) is 10.3 Å². The van der Waals surface area contributed by atoms with Crippen LogP contribution in [0.25, 0.3) is 5.57 Å². The first-order valence-corrected chi connectivity index (χ1v) is 12.6. The summed E-state index contributed by atoms with van der Waals surface area (Å²) >= 11 is 0. The van der Waals surface area contributed by atoms with Crippen LogP contribution >= 0.6 is 0 Å². The molecule has 2 aromatic carbocycles. The van der Waals surface area contributed by atoms with Crippen LogP contribution in [0.5, 0.6) is 5.75 Å². The zero-order valence-corrected chi connectivity index (χ0v) is 22.4. The van der Waals surface area contributed by atoms with Crippen LogP contribution in [0.2, 0.25) is 0 Å². The Balaban J connectivity index is 1.64. The molecule has 38 heavy (non-hydrogen) atoms. The maximum absolute atomic E-state index is 12.7. The van der Waals surface area contributed by atoms with E-state index in [0.717, 1.165) is 11.1 Å². The second-order valence-corrected chi connectivity index (χ2v) is 11.5. The average molecular weight is 533 g/mol. The summed E-state index contributed by atoms with van der Waals surface area (Å²) in [4.78, 5) is 16.2. The van der Waals surface area contributed by atoms with E-state index >= 15 is 0 Å². The van der Waals surface area contributed by atoms with Gasteiger partial charge >= 0.3 is 12.5 Å². The first-order chi connectivity index (χ1) is 17.6. The van der Waals surface area contributed by atoms with E-state index < -0.39 is 23.0 Å². The first-order valence-electron chi connectivity index (χ1n) is 12.6. The van der Waals surface area contributed by atoms with Crippen LogP contribution in [0.3, 0.4) is 0 Å². The van der Waals surface area contributed by atoms with Crippen LogP contribution < -0.4 is 4.74 Å². The Hall–Kier alpha value is -3.04. The molecule has 0 spiro atoms. The summed E-state index contributed by atoms with van der Waals surface area (Å²) in [7, 11) is 1.96. The number of alkyl halides is 3. The lowest BCUT2D eigenvalue weighted by Crippen LogP contribution is -2.63. The molecule has 2 heterocycles. The highest BCUT2D eigenvalue weighted by Crippen LogP contribution is 2.50. The maximum Gasteiger partial charge on any atom is 0.573 e. The van der Waals surface area contributed by atoms with Crippen LogP contribution in [0, 0.1) is 5.41 Å². The largest absolute Gasteiger partial charge is 0.573 e. The Morgan fingerprint density at radius 1 is 1.03 bits per heavy atom. The maximum atomic E-state index is 12.7. The highest BCUT2D eigenvalue weighted by Gasteiger charge is 2.55. The molecule has 1 fully saturated rings. The molecule has 1 N–H and O–H groups in total. The quantitative estimate of drug-likeness (QED) is 0.528. The van der Waals surface area contributed by atoms with E-state index in [9.17, 15) is 23.1 Å². The molecule has 1 atom stereocenters. The van der Waals surface area contributed by atoms with Crippen molar-refractivity contribution in [3.8, 4) is 5.75 Å². The van der Waals surface area contributed by atoms with E-state index in [0.29, 0.717) is 43.7 Å². The number of nitrogens with zero attached hydrogens (tertiary/aromatic N) is 2. The molecule has 1 amide bonds. The second kappa shape index (κ2) is 9.93. The van der Waals surface area contributed by atoms with E-state index in [4.69, 9.17) is 4.74 Å². The van der Waals surface area contributed by atoms with Gasteiger partial charge in [-0.3, -0.25) is 0 Å². The number of aliphatic hydroxyl groups is 1. The number of amides is 1. The molecule has 6 nitrogen and oxygen atoms in total. The molecule has 0 unspecified atom stereocenters. The summed E-state index contributed by atoms with van der Waals surface area (Å²) in [5, 5.41) is 12.3. The van der Waals surface area contributed by atoms with Gasteiger partial charge in [0.2, 0.25) is 0 Å². The molecule has 0 aliphatic carbocycles. The molecule has 0 saturated carbocycles. The molecule has 0 aromatic heterocycles. The third-order valence-corrected chi connectivity index (χ3v) is 7.13. The van der Waals surface area contributed by atoms with E-state index in [-0.39, 0.29) is 11.8 Å². The molecule has 206 valence electrons. The minimum Gasteiger partial charge on any atom is -0.444 e. The van der Waals surface area contributed by atoms with E-state index in [1.807, 2.05) is 65.1 Å². The number of carbonyl (C=O) groups is 1. The summed E-state index contributed by atoms with van der Waals surface area (Å²) in [6, 6.07) is 13.1. The van der Waals surface area contributed by atoms with Gasteiger partial charge in [0.05, 0.1) is 0 Å². The van der Waals surface area contributed by atoms with E-state index in [1.165, 1.54) is 24.3 Å². The van der Waals surface area contributed by atoms with Crippen molar-refractivity contribution in [1.82, 2.24) is 9.80 Å². The summed E-state index contributed by atoms with van der Waals surface area (Å²) in [5.41, 5.74) is 0.546. The first kappa shape index (κ1) is 28.0. The minimum atomic E-state index is -4.79. The highest BCUT2D eigenvalue weighted by atomic mass is 19.4. The summed E-state index contributed by atoms with van der Waals surface area (Å²) < 4.78 is 47.6. The molecular weight excluding hydrogens is 497 g/mol. The number of hydrogen-bond acceptors (Lipinski definition) is 5. The molecule has 2 aliphatic rings. The van der Waals surface area contributed by atoms with Gasteiger partial charge in [0, 0.05) is 31.6 Å². The summed E-state index contributed by atoms with van der Waals surface area (Å²) in [6.07, 6.45) is -2.52. The number of halogens is 3. The second-order valence-electron chi connectivity index (χ2n) is 11.5. The van der Waals surface area contributed by atoms with Crippen molar-refractivity contribution in [2.75, 3.05) is 33.2 Å². The van der Waals surface area contributed by atoms with Crippen molar-refractivity contribution in [2.24, 2.45) is 5.41 Å². The van der Waals surface area contributed by atoms with Crippen molar-refractivity contribution in [3.05, 3.63) is 71.3 Å². The van der Waals surface area contributed by atoms with Gasteiger partial charge in [-0.25, -0.2) is 4.79 Å². The normalized spacial score (nSPS) is 19.7. The number of ether oxygens (including phenoxy) is 2. The molecule has 2 aliphatic heterocycles. The fourth-order valence-corrected chi connectivity index (χ4v) is 5.50. The van der Waals surface area contributed by atoms with Crippen LogP contribution in [0.1, 0.15) is 50.8 Å². The number of benzene rings is 2. The van der Waals surface area contributed by atoms with Crippen molar-refractivity contribution in [3.63, 3.8) is 0 Å². The van der Waals surface area contributed by atoms with Crippen LogP contribution in [-0.4, -0.2) is 66.2 Å². The topological polar surface area (TPSA) is 62.2 Å². The monoisotopic (exact) mass is 532 g/mol. The molecule has 4 rings (SSSR count).